The van der Waals surface area contributed by atoms with Gasteiger partial charge in [-0.05, 0) is 18.6 Å². The highest BCUT2D eigenvalue weighted by atomic mass is 35.5. The lowest BCUT2D eigenvalue weighted by Gasteiger charge is -2.04. The standard InChI is InChI=1S/C19H40N2S.ClH/c1-2-3-4-5-6-7-8-9-10-11-12-13-14-15-16-17-18-21-19(20)22;/h2-18H2,1H3,(H3,20,21,22);1H. The summed E-state index contributed by atoms with van der Waals surface area (Å²) < 4.78 is 0. The average Bonchev–Trinajstić information content (AvgIpc) is 2.50. The molecule has 0 spiro atoms. The molecule has 0 saturated carbocycles. The minimum Gasteiger partial charge on any atom is -0.376 e. The largest absolute Gasteiger partial charge is 0.376 e. The number of hydrogen-bond donors (Lipinski definition) is 2. The Labute approximate surface area is 157 Å². The molecule has 0 unspecified atom stereocenters. The molecule has 0 heterocycles. The molecule has 0 radical (unpaired) electrons. The topological polar surface area (TPSA) is 38.0 Å². The molecule has 0 aromatic rings. The third kappa shape index (κ3) is 24.4. The summed E-state index contributed by atoms with van der Waals surface area (Å²) in [4.78, 5) is 0. The SMILES string of the molecule is CCCCCCCCCCCCCCCCCCNC(N)=S.Cl. The van der Waals surface area contributed by atoms with Gasteiger partial charge in [-0.25, -0.2) is 0 Å². The lowest BCUT2D eigenvalue weighted by atomic mass is 10.0. The average molecular weight is 365 g/mol. The van der Waals surface area contributed by atoms with Crippen LogP contribution in [0.2, 0.25) is 0 Å². The van der Waals surface area contributed by atoms with Gasteiger partial charge in [0.2, 0.25) is 0 Å². The Morgan fingerprint density at radius 2 is 0.957 bits per heavy atom. The monoisotopic (exact) mass is 364 g/mol. The van der Waals surface area contributed by atoms with Gasteiger partial charge in [0.1, 0.15) is 0 Å². The zero-order valence-corrected chi connectivity index (χ0v) is 17.0. The molecule has 0 atom stereocenters. The van der Waals surface area contributed by atoms with Crippen LogP contribution < -0.4 is 11.1 Å². The van der Waals surface area contributed by atoms with Crippen LogP contribution in [0.1, 0.15) is 110 Å². The van der Waals surface area contributed by atoms with Crippen molar-refractivity contribution in [1.29, 1.82) is 0 Å². The molecule has 0 rings (SSSR count). The van der Waals surface area contributed by atoms with Gasteiger partial charge in [-0.2, -0.15) is 0 Å². The first-order valence-corrected chi connectivity index (χ1v) is 10.2. The normalized spacial score (nSPS) is 10.3. The van der Waals surface area contributed by atoms with Gasteiger partial charge in [0, 0.05) is 6.54 Å². The first-order chi connectivity index (χ1) is 10.8. The van der Waals surface area contributed by atoms with Crippen LogP contribution in [0.3, 0.4) is 0 Å². The molecule has 0 aliphatic rings. The molecular weight excluding hydrogens is 324 g/mol. The molecule has 2 nitrogen and oxygen atoms in total. The number of nitrogens with two attached hydrogens (primary N) is 1. The summed E-state index contributed by atoms with van der Waals surface area (Å²) in [6.45, 7) is 3.22. The van der Waals surface area contributed by atoms with Crippen molar-refractivity contribution in [2.45, 2.75) is 110 Å². The van der Waals surface area contributed by atoms with E-state index in [0.29, 0.717) is 5.11 Å². The van der Waals surface area contributed by atoms with Crippen molar-refractivity contribution in [3.63, 3.8) is 0 Å². The second kappa shape index (κ2) is 22.0. The molecule has 0 saturated heterocycles. The van der Waals surface area contributed by atoms with Crippen LogP contribution in [0.5, 0.6) is 0 Å². The highest BCUT2D eigenvalue weighted by molar-refractivity contribution is 7.80. The smallest absolute Gasteiger partial charge is 0.163 e. The Kier molecular flexibility index (Phi) is 24.1. The lowest BCUT2D eigenvalue weighted by molar-refractivity contribution is 0.529. The van der Waals surface area contributed by atoms with E-state index in [0.717, 1.165) is 6.54 Å². The minimum absolute atomic E-state index is 0. The van der Waals surface area contributed by atoms with Crippen LogP contribution >= 0.6 is 24.6 Å². The molecule has 23 heavy (non-hydrogen) atoms. The van der Waals surface area contributed by atoms with Crippen molar-refractivity contribution in [3.05, 3.63) is 0 Å². The zero-order valence-electron chi connectivity index (χ0n) is 15.4. The van der Waals surface area contributed by atoms with Gasteiger partial charge >= 0.3 is 0 Å². The molecule has 0 bridgehead atoms. The van der Waals surface area contributed by atoms with Crippen molar-refractivity contribution < 1.29 is 0 Å². The van der Waals surface area contributed by atoms with Gasteiger partial charge in [0.05, 0.1) is 0 Å². The Hall–Kier alpha value is -0.0200. The number of unbranched alkanes of at least 4 members (excludes halogenated alkanes) is 15. The first kappa shape index (κ1) is 25.2. The van der Waals surface area contributed by atoms with Gasteiger partial charge in [-0.3, -0.25) is 0 Å². The van der Waals surface area contributed by atoms with E-state index in [1.165, 1.54) is 103 Å². The zero-order chi connectivity index (χ0) is 16.3. The summed E-state index contributed by atoms with van der Waals surface area (Å²) in [5.41, 5.74) is 5.38. The quantitative estimate of drug-likeness (QED) is 0.228. The maximum absolute atomic E-state index is 5.38. The molecule has 140 valence electrons. The molecule has 0 aromatic heterocycles. The van der Waals surface area contributed by atoms with E-state index < -0.39 is 0 Å². The minimum atomic E-state index is 0. The predicted molar refractivity (Wildman–Crippen MR) is 112 cm³/mol. The fraction of sp³-hybridized carbons (Fsp3) is 0.947. The number of halogens is 1. The fourth-order valence-corrected chi connectivity index (χ4v) is 2.99. The first-order valence-electron chi connectivity index (χ1n) is 9.80. The molecular formula is C19H41ClN2S. The van der Waals surface area contributed by atoms with Crippen molar-refractivity contribution in [3.8, 4) is 0 Å². The third-order valence-corrected chi connectivity index (χ3v) is 4.47. The highest BCUT2D eigenvalue weighted by Crippen LogP contribution is 2.13. The third-order valence-electron chi connectivity index (χ3n) is 4.33. The number of rotatable bonds is 17. The molecule has 0 aliphatic heterocycles. The van der Waals surface area contributed by atoms with Crippen molar-refractivity contribution in [2.75, 3.05) is 6.54 Å². The van der Waals surface area contributed by atoms with E-state index in [4.69, 9.17) is 18.0 Å². The molecule has 3 N–H and O–H groups in total. The van der Waals surface area contributed by atoms with E-state index >= 15 is 0 Å². The van der Waals surface area contributed by atoms with Crippen LogP contribution in [0.4, 0.5) is 0 Å². The second-order valence-electron chi connectivity index (χ2n) is 6.59. The number of hydrogen-bond acceptors (Lipinski definition) is 1. The van der Waals surface area contributed by atoms with Crippen LogP contribution in [0.25, 0.3) is 0 Å². The summed E-state index contributed by atoms with van der Waals surface area (Å²) in [5.74, 6) is 0. The maximum Gasteiger partial charge on any atom is 0.163 e. The Morgan fingerprint density at radius 1 is 0.652 bits per heavy atom. The van der Waals surface area contributed by atoms with E-state index in [-0.39, 0.29) is 12.4 Å². The molecule has 0 aliphatic carbocycles. The summed E-state index contributed by atoms with van der Waals surface area (Å²) in [7, 11) is 0. The fourth-order valence-electron chi connectivity index (χ4n) is 2.88. The Bertz CT molecular complexity index is 237. The van der Waals surface area contributed by atoms with Crippen molar-refractivity contribution >= 4 is 29.7 Å². The Morgan fingerprint density at radius 3 is 1.26 bits per heavy atom. The number of nitrogens with one attached hydrogen (secondary N) is 1. The summed E-state index contributed by atoms with van der Waals surface area (Å²) >= 11 is 4.77. The van der Waals surface area contributed by atoms with Gasteiger partial charge in [0.15, 0.2) is 5.11 Å². The van der Waals surface area contributed by atoms with Crippen molar-refractivity contribution in [1.82, 2.24) is 5.32 Å². The van der Waals surface area contributed by atoms with Crippen LogP contribution in [-0.2, 0) is 0 Å². The van der Waals surface area contributed by atoms with Crippen LogP contribution in [0.15, 0.2) is 0 Å². The predicted octanol–water partition coefficient (Wildman–Crippen LogP) is 6.50. The van der Waals surface area contributed by atoms with Gasteiger partial charge in [-0.1, -0.05) is 103 Å². The lowest BCUT2D eigenvalue weighted by Crippen LogP contribution is -2.29. The molecule has 4 heteroatoms. The maximum atomic E-state index is 5.38. The van der Waals surface area contributed by atoms with E-state index in [1.807, 2.05) is 0 Å². The second-order valence-corrected chi connectivity index (χ2v) is 7.03. The van der Waals surface area contributed by atoms with Crippen molar-refractivity contribution in [2.24, 2.45) is 5.73 Å². The van der Waals surface area contributed by atoms with E-state index in [1.54, 1.807) is 0 Å². The van der Waals surface area contributed by atoms with Gasteiger partial charge < -0.3 is 11.1 Å². The number of thiocarbonyl (C=S) groups is 1. The summed E-state index contributed by atoms with van der Waals surface area (Å²) in [5, 5.41) is 3.44. The van der Waals surface area contributed by atoms with E-state index in [2.05, 4.69) is 12.2 Å². The van der Waals surface area contributed by atoms with E-state index in [9.17, 15) is 0 Å². The van der Waals surface area contributed by atoms with Crippen LogP contribution in [-0.4, -0.2) is 11.7 Å². The summed E-state index contributed by atoms with van der Waals surface area (Å²) in [6, 6.07) is 0. The highest BCUT2D eigenvalue weighted by Gasteiger charge is 1.94. The Balaban J connectivity index is 0. The molecule has 0 amide bonds. The van der Waals surface area contributed by atoms with Gasteiger partial charge in [0.25, 0.3) is 0 Å². The van der Waals surface area contributed by atoms with Crippen LogP contribution in [0, 0.1) is 0 Å². The van der Waals surface area contributed by atoms with Gasteiger partial charge in [-0.15, -0.1) is 12.4 Å². The molecule has 0 fully saturated rings. The summed E-state index contributed by atoms with van der Waals surface area (Å²) in [6.07, 6.45) is 22.5. The molecule has 0 aromatic carbocycles.